The molecule has 6 heteroatoms. The first kappa shape index (κ1) is 13.4. The normalized spacial score (nSPS) is 11.0. The number of pyridine rings is 1. The number of fused-ring (bicyclic) bond motifs is 1. The van der Waals surface area contributed by atoms with E-state index in [2.05, 4.69) is 10.1 Å². The molecule has 0 unspecified atom stereocenters. The third-order valence-corrected chi connectivity index (χ3v) is 3.37. The van der Waals surface area contributed by atoms with Crippen molar-refractivity contribution in [3.05, 3.63) is 47.4 Å². The van der Waals surface area contributed by atoms with Crippen LogP contribution in [-0.2, 0) is 6.54 Å². The van der Waals surface area contributed by atoms with Gasteiger partial charge in [0.25, 0.3) is 0 Å². The van der Waals surface area contributed by atoms with Gasteiger partial charge in [0.05, 0.1) is 24.7 Å². The van der Waals surface area contributed by atoms with Crippen molar-refractivity contribution < 1.29 is 9.13 Å². The van der Waals surface area contributed by atoms with E-state index in [9.17, 15) is 4.39 Å². The molecule has 0 aliphatic carbocycles. The largest absolute Gasteiger partial charge is 0.497 e. The van der Waals surface area contributed by atoms with Crippen molar-refractivity contribution in [2.75, 3.05) is 12.8 Å². The molecule has 3 aromatic rings. The first-order valence-electron chi connectivity index (χ1n) is 6.50. The minimum atomic E-state index is -0.377. The molecule has 108 valence electrons. The van der Waals surface area contributed by atoms with Crippen LogP contribution in [0, 0.1) is 12.7 Å². The quantitative estimate of drug-likeness (QED) is 0.803. The predicted octanol–water partition coefficient (Wildman–Crippen LogP) is 2.52. The molecule has 5 nitrogen and oxygen atoms in total. The Balaban J connectivity index is 2.01. The second-order valence-electron chi connectivity index (χ2n) is 4.82. The molecule has 0 saturated heterocycles. The molecule has 1 aromatic carbocycles. The van der Waals surface area contributed by atoms with Crippen molar-refractivity contribution >= 4 is 16.9 Å². The van der Waals surface area contributed by atoms with Gasteiger partial charge in [0.2, 0.25) is 0 Å². The first-order valence-corrected chi connectivity index (χ1v) is 6.50. The summed E-state index contributed by atoms with van der Waals surface area (Å²) < 4.78 is 20.4. The summed E-state index contributed by atoms with van der Waals surface area (Å²) in [4.78, 5) is 4.25. The Morgan fingerprint density at radius 2 is 2.00 bits per heavy atom. The van der Waals surface area contributed by atoms with Gasteiger partial charge in [-0.25, -0.2) is 14.1 Å². The van der Waals surface area contributed by atoms with Crippen molar-refractivity contribution in [1.29, 1.82) is 0 Å². The van der Waals surface area contributed by atoms with Gasteiger partial charge in [0.1, 0.15) is 11.6 Å². The number of aryl methyl sites for hydroxylation is 1. The number of rotatable bonds is 3. The van der Waals surface area contributed by atoms with Gasteiger partial charge < -0.3 is 10.5 Å². The number of benzene rings is 1. The fraction of sp³-hybridized carbons (Fsp3) is 0.200. The Morgan fingerprint density at radius 1 is 1.29 bits per heavy atom. The van der Waals surface area contributed by atoms with Crippen LogP contribution < -0.4 is 10.5 Å². The summed E-state index contributed by atoms with van der Waals surface area (Å²) in [5.74, 6) is 0.697. The molecule has 2 heterocycles. The third-order valence-electron chi connectivity index (χ3n) is 3.37. The Kier molecular flexibility index (Phi) is 3.21. The molecule has 0 aliphatic heterocycles. The molecule has 0 fully saturated rings. The lowest BCUT2D eigenvalue weighted by atomic mass is 10.2. The topological polar surface area (TPSA) is 66.0 Å². The molecule has 0 saturated carbocycles. The SMILES string of the molecule is COc1ccc(Cn2nc(N)c3cc(F)c(C)nc32)cc1. The van der Waals surface area contributed by atoms with Crippen molar-refractivity contribution in [2.24, 2.45) is 0 Å². The second-order valence-corrected chi connectivity index (χ2v) is 4.82. The molecule has 21 heavy (non-hydrogen) atoms. The lowest BCUT2D eigenvalue weighted by molar-refractivity contribution is 0.414. The number of methoxy groups -OCH3 is 1. The van der Waals surface area contributed by atoms with E-state index in [0.717, 1.165) is 11.3 Å². The number of halogens is 1. The number of hydrogen-bond acceptors (Lipinski definition) is 4. The summed E-state index contributed by atoms with van der Waals surface area (Å²) in [5, 5.41) is 4.78. The van der Waals surface area contributed by atoms with E-state index in [0.29, 0.717) is 23.3 Å². The van der Waals surface area contributed by atoms with Crippen molar-refractivity contribution in [1.82, 2.24) is 14.8 Å². The van der Waals surface area contributed by atoms with E-state index < -0.39 is 0 Å². The van der Waals surface area contributed by atoms with Gasteiger partial charge in [-0.05, 0) is 30.7 Å². The van der Waals surface area contributed by atoms with Crippen molar-refractivity contribution in [3.8, 4) is 5.75 Å². The van der Waals surface area contributed by atoms with Gasteiger partial charge in [-0.2, -0.15) is 5.10 Å². The third kappa shape index (κ3) is 2.40. The summed E-state index contributed by atoms with van der Waals surface area (Å²) in [7, 11) is 1.62. The first-order chi connectivity index (χ1) is 10.1. The average molecular weight is 286 g/mol. The highest BCUT2D eigenvalue weighted by molar-refractivity contribution is 5.86. The monoisotopic (exact) mass is 286 g/mol. The number of nitrogens with zero attached hydrogens (tertiary/aromatic N) is 3. The number of hydrogen-bond donors (Lipinski definition) is 1. The van der Waals surface area contributed by atoms with Gasteiger partial charge in [0.15, 0.2) is 11.5 Å². The zero-order chi connectivity index (χ0) is 15.0. The summed E-state index contributed by atoms with van der Waals surface area (Å²) >= 11 is 0. The standard InChI is InChI=1S/C15H15FN4O/c1-9-13(16)7-12-14(17)19-20(15(12)18-9)8-10-3-5-11(21-2)6-4-10/h3-7H,8H2,1-2H3,(H2,17,19). The van der Waals surface area contributed by atoms with E-state index in [1.54, 1.807) is 18.7 Å². The molecule has 0 atom stereocenters. The molecular formula is C15H15FN4O. The van der Waals surface area contributed by atoms with Crippen LogP contribution in [0.5, 0.6) is 5.75 Å². The molecule has 3 rings (SSSR count). The van der Waals surface area contributed by atoms with E-state index in [1.165, 1.54) is 6.07 Å². The molecular weight excluding hydrogens is 271 g/mol. The molecule has 0 aliphatic rings. The minimum absolute atomic E-state index is 0.282. The van der Waals surface area contributed by atoms with Crippen LogP contribution in [0.1, 0.15) is 11.3 Å². The highest BCUT2D eigenvalue weighted by Crippen LogP contribution is 2.22. The van der Waals surface area contributed by atoms with E-state index in [-0.39, 0.29) is 11.6 Å². The summed E-state index contributed by atoms with van der Waals surface area (Å²) in [6.45, 7) is 2.13. The lowest BCUT2D eigenvalue weighted by Crippen LogP contribution is -2.04. The summed E-state index contributed by atoms with van der Waals surface area (Å²) in [6, 6.07) is 9.02. The number of nitrogen functional groups attached to an aromatic ring is 1. The van der Waals surface area contributed by atoms with Crippen LogP contribution in [0.3, 0.4) is 0 Å². The van der Waals surface area contributed by atoms with Crippen LogP contribution in [-0.4, -0.2) is 21.9 Å². The molecule has 2 aromatic heterocycles. The van der Waals surface area contributed by atoms with Gasteiger partial charge in [-0.15, -0.1) is 0 Å². The zero-order valence-corrected chi connectivity index (χ0v) is 11.8. The van der Waals surface area contributed by atoms with Gasteiger partial charge >= 0.3 is 0 Å². The van der Waals surface area contributed by atoms with Gasteiger partial charge in [-0.1, -0.05) is 12.1 Å². The second kappa shape index (κ2) is 5.05. The highest BCUT2D eigenvalue weighted by Gasteiger charge is 2.13. The van der Waals surface area contributed by atoms with Crippen molar-refractivity contribution in [2.45, 2.75) is 13.5 Å². The fourth-order valence-corrected chi connectivity index (χ4v) is 2.20. The Hall–Kier alpha value is -2.63. The Bertz CT molecular complexity index is 796. The van der Waals surface area contributed by atoms with Gasteiger partial charge in [0, 0.05) is 0 Å². The maximum atomic E-state index is 13.6. The zero-order valence-electron chi connectivity index (χ0n) is 11.8. The number of aromatic nitrogens is 3. The number of ether oxygens (including phenoxy) is 1. The molecule has 2 N–H and O–H groups in total. The Labute approximate surface area is 121 Å². The molecule has 0 bridgehead atoms. The smallest absolute Gasteiger partial charge is 0.160 e. The maximum Gasteiger partial charge on any atom is 0.160 e. The van der Waals surface area contributed by atoms with Crippen LogP contribution >= 0.6 is 0 Å². The van der Waals surface area contributed by atoms with E-state index >= 15 is 0 Å². The number of nitrogens with two attached hydrogens (primary N) is 1. The summed E-state index contributed by atoms with van der Waals surface area (Å²) in [5.41, 5.74) is 7.79. The van der Waals surface area contributed by atoms with Crippen LogP contribution in [0.4, 0.5) is 10.2 Å². The average Bonchev–Trinajstić information content (AvgIpc) is 2.77. The predicted molar refractivity (Wildman–Crippen MR) is 78.7 cm³/mol. The highest BCUT2D eigenvalue weighted by atomic mass is 19.1. The van der Waals surface area contributed by atoms with E-state index in [1.807, 2.05) is 24.3 Å². The fourth-order valence-electron chi connectivity index (χ4n) is 2.20. The minimum Gasteiger partial charge on any atom is -0.497 e. The van der Waals surface area contributed by atoms with E-state index in [4.69, 9.17) is 10.5 Å². The molecule has 0 spiro atoms. The Morgan fingerprint density at radius 3 is 2.67 bits per heavy atom. The van der Waals surface area contributed by atoms with Crippen LogP contribution in [0.25, 0.3) is 11.0 Å². The van der Waals surface area contributed by atoms with Crippen LogP contribution in [0.15, 0.2) is 30.3 Å². The summed E-state index contributed by atoms with van der Waals surface area (Å²) in [6.07, 6.45) is 0. The van der Waals surface area contributed by atoms with Gasteiger partial charge in [-0.3, -0.25) is 0 Å². The molecule has 0 amide bonds. The van der Waals surface area contributed by atoms with Crippen LogP contribution in [0.2, 0.25) is 0 Å². The maximum absolute atomic E-state index is 13.6. The molecule has 0 radical (unpaired) electrons. The number of anilines is 1. The van der Waals surface area contributed by atoms with Crippen molar-refractivity contribution in [3.63, 3.8) is 0 Å². The lowest BCUT2D eigenvalue weighted by Gasteiger charge is -2.05.